The predicted molar refractivity (Wildman–Crippen MR) is 243 cm³/mol. The van der Waals surface area contributed by atoms with Crippen LogP contribution in [0, 0.1) is 17.8 Å². The average Bonchev–Trinajstić information content (AvgIpc) is 4.15. The first-order valence-electron chi connectivity index (χ1n) is 22.1. The molecular weight excluding hydrogens is 829 g/mol. The van der Waals surface area contributed by atoms with Crippen molar-refractivity contribution in [1.82, 2.24) is 40.4 Å². The van der Waals surface area contributed by atoms with E-state index in [1.54, 1.807) is 12.0 Å². The normalized spacial score (nSPS) is 20.0. The van der Waals surface area contributed by atoms with Crippen LogP contribution in [0.25, 0.3) is 44.2 Å². The number of amides is 4. The Morgan fingerprint density at radius 2 is 1.58 bits per heavy atom. The maximum absolute atomic E-state index is 14.4. The van der Waals surface area contributed by atoms with Gasteiger partial charge in [0.25, 0.3) is 5.91 Å². The summed E-state index contributed by atoms with van der Waals surface area (Å²) >= 11 is 0. The minimum atomic E-state index is -0.955. The van der Waals surface area contributed by atoms with Crippen LogP contribution in [-0.4, -0.2) is 101 Å². The van der Waals surface area contributed by atoms with E-state index in [0.717, 1.165) is 61.9 Å². The number of carbonyl (C=O) groups is 4. The monoisotopic (exact) mass is 882 g/mol. The van der Waals surface area contributed by atoms with Gasteiger partial charge >= 0.3 is 12.2 Å². The number of benzene rings is 4. The fourth-order valence-electron chi connectivity index (χ4n) is 9.77. The molecule has 4 aromatic carbocycles. The number of H-pyrrole nitrogens is 2. The van der Waals surface area contributed by atoms with Gasteiger partial charge in [-0.2, -0.15) is 0 Å². The molecule has 6 atom stereocenters. The molecule has 2 aromatic heterocycles. The zero-order valence-corrected chi connectivity index (χ0v) is 37.3. The maximum Gasteiger partial charge on any atom is 0.407 e. The summed E-state index contributed by atoms with van der Waals surface area (Å²) in [6, 6.07) is 21.4. The number of likely N-dealkylation sites (tertiary alicyclic amines) is 2. The molecule has 2 fully saturated rings. The minimum absolute atomic E-state index is 0.0581. The molecule has 16 heteroatoms. The van der Waals surface area contributed by atoms with Crippen molar-refractivity contribution < 1.29 is 38.1 Å². The van der Waals surface area contributed by atoms with Crippen LogP contribution < -0.4 is 15.4 Å². The molecule has 9 rings (SSSR count). The van der Waals surface area contributed by atoms with Crippen LogP contribution in [0.5, 0.6) is 5.75 Å². The van der Waals surface area contributed by atoms with Crippen molar-refractivity contribution in [2.75, 3.05) is 41.0 Å². The number of aromatic amines is 2. The summed E-state index contributed by atoms with van der Waals surface area (Å²) in [5.41, 5.74) is 7.09. The molecule has 65 heavy (non-hydrogen) atoms. The van der Waals surface area contributed by atoms with Gasteiger partial charge < -0.3 is 49.3 Å². The van der Waals surface area contributed by atoms with E-state index in [9.17, 15) is 19.2 Å². The third-order valence-electron chi connectivity index (χ3n) is 13.0. The second kappa shape index (κ2) is 17.9. The molecular formula is C49H54N8O8. The molecule has 3 aliphatic rings. The van der Waals surface area contributed by atoms with E-state index in [2.05, 4.69) is 57.9 Å². The zero-order chi connectivity index (χ0) is 45.5. The number of imidazole rings is 2. The first kappa shape index (κ1) is 43.3. The number of aromatic nitrogens is 4. The molecule has 2 saturated heterocycles. The highest BCUT2D eigenvalue weighted by atomic mass is 16.5. The van der Waals surface area contributed by atoms with Gasteiger partial charge in [-0.15, -0.1) is 0 Å². The van der Waals surface area contributed by atoms with Crippen molar-refractivity contribution in [2.24, 2.45) is 17.8 Å². The quantitative estimate of drug-likeness (QED) is 0.101. The standard InChI is InChI=1S/C49H54N8O8/c1-26(2)41(54-48(60)63-5)46(58)56-22-27(3)16-38(56)44-50-21-37(52-44)31-12-14-33-32(18-31)25-65-40-20-34-30(19-35(33)40)13-15-36-43(34)53-45(51-36)39-17-28(24-62-4)23-57(39)47(59)42(55-49(61)64-6)29-10-8-7-9-11-29/h7-15,18-21,26-28,38-39,41-42H,16-17,22-25H2,1-6H3,(H,50,52)(H,51,53)(H,54,60)(H,55,61)/t27-,28-,38-,39?,41-,42+/m0/s1. The molecule has 0 saturated carbocycles. The second-order valence-electron chi connectivity index (χ2n) is 17.7. The van der Waals surface area contributed by atoms with E-state index in [1.165, 1.54) is 14.2 Å². The highest BCUT2D eigenvalue weighted by Gasteiger charge is 2.42. The van der Waals surface area contributed by atoms with Crippen molar-refractivity contribution in [3.63, 3.8) is 0 Å². The molecule has 3 aliphatic heterocycles. The number of hydrogen-bond donors (Lipinski definition) is 4. The number of hydrogen-bond acceptors (Lipinski definition) is 10. The first-order valence-corrected chi connectivity index (χ1v) is 22.1. The molecule has 5 heterocycles. The highest BCUT2D eigenvalue weighted by molar-refractivity contribution is 6.07. The highest BCUT2D eigenvalue weighted by Crippen LogP contribution is 2.44. The van der Waals surface area contributed by atoms with Crippen molar-refractivity contribution in [1.29, 1.82) is 0 Å². The largest absolute Gasteiger partial charge is 0.488 e. The third-order valence-corrected chi connectivity index (χ3v) is 13.0. The number of fused-ring (bicyclic) bond motifs is 6. The Bertz CT molecular complexity index is 2770. The summed E-state index contributed by atoms with van der Waals surface area (Å²) in [6.07, 6.45) is 1.85. The number of nitrogens with zero attached hydrogens (tertiary/aromatic N) is 4. The number of rotatable bonds is 11. The van der Waals surface area contributed by atoms with Crippen molar-refractivity contribution in [3.05, 3.63) is 102 Å². The number of methoxy groups -OCH3 is 3. The molecule has 0 radical (unpaired) electrons. The lowest BCUT2D eigenvalue weighted by atomic mass is 9.92. The maximum atomic E-state index is 14.4. The zero-order valence-electron chi connectivity index (χ0n) is 37.3. The Kier molecular flexibility index (Phi) is 11.9. The Morgan fingerprint density at radius 3 is 2.34 bits per heavy atom. The molecule has 0 bridgehead atoms. The Labute approximate surface area is 376 Å². The van der Waals surface area contributed by atoms with Gasteiger partial charge in [-0.3, -0.25) is 9.59 Å². The molecule has 6 aromatic rings. The summed E-state index contributed by atoms with van der Waals surface area (Å²) in [7, 11) is 4.22. The van der Waals surface area contributed by atoms with Crippen LogP contribution in [0.15, 0.2) is 79.0 Å². The minimum Gasteiger partial charge on any atom is -0.488 e. The van der Waals surface area contributed by atoms with Gasteiger partial charge in [0.05, 0.1) is 55.8 Å². The van der Waals surface area contributed by atoms with Gasteiger partial charge in [0.15, 0.2) is 0 Å². The number of alkyl carbamates (subject to hydrolysis) is 2. The van der Waals surface area contributed by atoms with Gasteiger partial charge in [0, 0.05) is 37.1 Å². The summed E-state index contributed by atoms with van der Waals surface area (Å²) < 4.78 is 21.7. The van der Waals surface area contributed by atoms with E-state index in [0.29, 0.717) is 49.9 Å². The van der Waals surface area contributed by atoms with Gasteiger partial charge in [0.1, 0.15) is 36.1 Å². The fraction of sp³-hybridized carbons (Fsp3) is 0.388. The van der Waals surface area contributed by atoms with Gasteiger partial charge in [-0.1, -0.05) is 69.3 Å². The molecule has 4 N–H and O–H groups in total. The SMILES string of the molecule is COC[C@H]1CC(c2nc3c(ccc4cc5c(cc43)OCc3cc(-c4cnc([C@@H]6C[C@H](C)CN6C(=O)[C@@H](NC(=O)OC)C(C)C)[nH]4)ccc3-5)[nH]2)N(C(=O)[C@H](NC(=O)OC)c2ccccc2)C1. The summed E-state index contributed by atoms with van der Waals surface area (Å²) in [6.45, 7) is 7.74. The molecule has 0 spiro atoms. The van der Waals surface area contributed by atoms with Crippen LogP contribution >= 0.6 is 0 Å². The lowest BCUT2D eigenvalue weighted by molar-refractivity contribution is -0.136. The van der Waals surface area contributed by atoms with Crippen LogP contribution in [0.2, 0.25) is 0 Å². The fourth-order valence-corrected chi connectivity index (χ4v) is 9.77. The van der Waals surface area contributed by atoms with Crippen LogP contribution in [0.1, 0.15) is 74.5 Å². The van der Waals surface area contributed by atoms with Gasteiger partial charge in [0.2, 0.25) is 5.91 Å². The Hall–Kier alpha value is -6.94. The number of carbonyl (C=O) groups excluding carboxylic acids is 4. The predicted octanol–water partition coefficient (Wildman–Crippen LogP) is 7.59. The topological polar surface area (TPSA) is 193 Å². The van der Waals surface area contributed by atoms with Crippen LogP contribution in [0.3, 0.4) is 0 Å². The summed E-state index contributed by atoms with van der Waals surface area (Å²) in [5.74, 6) is 1.86. The molecule has 1 unspecified atom stereocenters. The third kappa shape index (κ3) is 8.34. The second-order valence-corrected chi connectivity index (χ2v) is 17.7. The molecule has 338 valence electrons. The Balaban J connectivity index is 0.981. The Morgan fingerprint density at radius 1 is 0.831 bits per heavy atom. The van der Waals surface area contributed by atoms with Crippen molar-refractivity contribution in [3.8, 4) is 28.1 Å². The summed E-state index contributed by atoms with van der Waals surface area (Å²) in [5, 5.41) is 7.38. The first-order chi connectivity index (χ1) is 31.4. The van der Waals surface area contributed by atoms with Crippen LogP contribution in [0.4, 0.5) is 9.59 Å². The van der Waals surface area contributed by atoms with Gasteiger partial charge in [-0.05, 0) is 76.6 Å². The van der Waals surface area contributed by atoms with E-state index >= 15 is 0 Å². The lowest BCUT2D eigenvalue weighted by Gasteiger charge is -2.30. The van der Waals surface area contributed by atoms with E-state index in [1.807, 2.05) is 67.4 Å². The molecule has 4 amide bonds. The number of nitrogens with one attached hydrogen (secondary N) is 4. The molecule has 16 nitrogen and oxygen atoms in total. The van der Waals surface area contributed by atoms with Gasteiger partial charge in [-0.25, -0.2) is 19.6 Å². The van der Waals surface area contributed by atoms with E-state index < -0.39 is 30.3 Å². The summed E-state index contributed by atoms with van der Waals surface area (Å²) in [4.78, 5) is 73.4. The lowest BCUT2D eigenvalue weighted by Crippen LogP contribution is -2.51. The van der Waals surface area contributed by atoms with E-state index in [-0.39, 0.29) is 35.6 Å². The smallest absolute Gasteiger partial charge is 0.407 e. The average molecular weight is 883 g/mol. The molecule has 0 aliphatic carbocycles. The number of ether oxygens (including phenoxy) is 4. The van der Waals surface area contributed by atoms with Crippen molar-refractivity contribution in [2.45, 2.75) is 64.4 Å². The van der Waals surface area contributed by atoms with E-state index in [4.69, 9.17) is 28.9 Å². The van der Waals surface area contributed by atoms with Crippen molar-refractivity contribution >= 4 is 45.8 Å². The van der Waals surface area contributed by atoms with Crippen LogP contribution in [-0.2, 0) is 30.4 Å².